The topological polar surface area (TPSA) is 96.7 Å². The van der Waals surface area contributed by atoms with E-state index in [2.05, 4.69) is 15.2 Å². The Labute approximate surface area is 124 Å². The number of aliphatic imine (C=N–C) groups is 1. The molecule has 1 heterocycles. The molecule has 1 aromatic carbocycles. The van der Waals surface area contributed by atoms with Gasteiger partial charge in [-0.1, -0.05) is 0 Å². The molecule has 112 valence electrons. The number of carbonyl (C=O) groups excluding carboxylic acids is 1. The van der Waals surface area contributed by atoms with Gasteiger partial charge >= 0.3 is 0 Å². The van der Waals surface area contributed by atoms with E-state index >= 15 is 0 Å². The summed E-state index contributed by atoms with van der Waals surface area (Å²) in [7, 11) is 0. The summed E-state index contributed by atoms with van der Waals surface area (Å²) in [4.78, 5) is 18.5. The van der Waals surface area contributed by atoms with Gasteiger partial charge in [-0.15, -0.1) is 0 Å². The zero-order chi connectivity index (χ0) is 14.8. The zero-order valence-electron chi connectivity index (χ0n) is 12.0. The molecule has 0 aromatic heterocycles. The van der Waals surface area contributed by atoms with E-state index in [0.717, 1.165) is 43.6 Å². The summed E-state index contributed by atoms with van der Waals surface area (Å²) in [5.74, 6) is 0.203. The lowest BCUT2D eigenvalue weighted by molar-refractivity contribution is -0.122. The van der Waals surface area contributed by atoms with Crippen molar-refractivity contribution in [2.24, 2.45) is 16.5 Å². The van der Waals surface area contributed by atoms with Gasteiger partial charge in [0.15, 0.2) is 5.96 Å². The summed E-state index contributed by atoms with van der Waals surface area (Å²) < 4.78 is 0. The molecule has 21 heavy (non-hydrogen) atoms. The highest BCUT2D eigenvalue weighted by Gasteiger charge is 2.33. The molecule has 6 heteroatoms. The number of rotatable bonds is 4. The number of hydrogen-bond donors (Lipinski definition) is 3. The largest absolute Gasteiger partial charge is 0.370 e. The Hall–Kier alpha value is -2.24. The van der Waals surface area contributed by atoms with Gasteiger partial charge in [0.25, 0.3) is 0 Å². The maximum absolute atomic E-state index is 12.3. The molecule has 6 nitrogen and oxygen atoms in total. The van der Waals surface area contributed by atoms with Gasteiger partial charge in [0.2, 0.25) is 5.91 Å². The number of amides is 1. The van der Waals surface area contributed by atoms with Crippen LogP contribution in [0.3, 0.4) is 0 Å². The predicted octanol–water partition coefficient (Wildman–Crippen LogP) is 0.839. The van der Waals surface area contributed by atoms with Crippen LogP contribution in [-0.4, -0.2) is 30.5 Å². The molecular weight excluding hydrogens is 266 g/mol. The molecule has 1 aliphatic carbocycles. The maximum Gasteiger partial charge on any atom is 0.242 e. The molecule has 1 aliphatic heterocycles. The molecule has 1 saturated heterocycles. The van der Waals surface area contributed by atoms with Gasteiger partial charge in [-0.3, -0.25) is 4.79 Å². The Morgan fingerprint density at radius 1 is 1.19 bits per heavy atom. The quantitative estimate of drug-likeness (QED) is 0.564. The number of nitrogens with two attached hydrogens (primary N) is 2. The molecular formula is C15H21N5O. The fourth-order valence-corrected chi connectivity index (χ4v) is 2.74. The van der Waals surface area contributed by atoms with E-state index in [9.17, 15) is 4.79 Å². The Morgan fingerprint density at radius 2 is 1.90 bits per heavy atom. The van der Waals surface area contributed by atoms with Crippen LogP contribution < -0.4 is 21.7 Å². The SMILES string of the molecule is NC(N)=Nc1ccc(N2CCCC2C(=O)NC2CC2)cc1. The van der Waals surface area contributed by atoms with Gasteiger partial charge < -0.3 is 21.7 Å². The fourth-order valence-electron chi connectivity index (χ4n) is 2.74. The number of carbonyl (C=O) groups is 1. The Kier molecular flexibility index (Phi) is 3.68. The van der Waals surface area contributed by atoms with Gasteiger partial charge in [-0.2, -0.15) is 0 Å². The normalized spacial score (nSPS) is 21.1. The average molecular weight is 287 g/mol. The minimum atomic E-state index is -0.0560. The van der Waals surface area contributed by atoms with E-state index in [1.54, 1.807) is 0 Å². The first-order valence-electron chi connectivity index (χ1n) is 7.40. The molecule has 0 bridgehead atoms. The number of anilines is 1. The highest BCUT2D eigenvalue weighted by Crippen LogP contribution is 2.28. The smallest absolute Gasteiger partial charge is 0.242 e. The Balaban J connectivity index is 1.72. The number of benzene rings is 1. The minimum Gasteiger partial charge on any atom is -0.370 e. The van der Waals surface area contributed by atoms with Crippen molar-refractivity contribution in [3.8, 4) is 0 Å². The fraction of sp³-hybridized carbons (Fsp3) is 0.467. The van der Waals surface area contributed by atoms with E-state index < -0.39 is 0 Å². The number of guanidine groups is 1. The van der Waals surface area contributed by atoms with Crippen LogP contribution in [-0.2, 0) is 4.79 Å². The van der Waals surface area contributed by atoms with Crippen molar-refractivity contribution in [1.29, 1.82) is 0 Å². The van der Waals surface area contributed by atoms with Crippen molar-refractivity contribution >= 4 is 23.2 Å². The van der Waals surface area contributed by atoms with Crippen LogP contribution in [0.25, 0.3) is 0 Å². The highest BCUT2D eigenvalue weighted by molar-refractivity contribution is 5.86. The lowest BCUT2D eigenvalue weighted by Gasteiger charge is -2.26. The van der Waals surface area contributed by atoms with Gasteiger partial charge in [-0.05, 0) is 49.9 Å². The number of nitrogens with one attached hydrogen (secondary N) is 1. The number of hydrogen-bond acceptors (Lipinski definition) is 3. The van der Waals surface area contributed by atoms with Crippen molar-refractivity contribution in [2.75, 3.05) is 11.4 Å². The van der Waals surface area contributed by atoms with Crippen LogP contribution >= 0.6 is 0 Å². The second-order valence-electron chi connectivity index (χ2n) is 5.69. The third-order valence-electron chi connectivity index (χ3n) is 3.92. The van der Waals surface area contributed by atoms with E-state index in [-0.39, 0.29) is 17.9 Å². The van der Waals surface area contributed by atoms with Crippen LogP contribution in [0, 0.1) is 0 Å². The molecule has 1 saturated carbocycles. The molecule has 0 radical (unpaired) electrons. The Morgan fingerprint density at radius 3 is 2.52 bits per heavy atom. The molecule has 5 N–H and O–H groups in total. The van der Waals surface area contributed by atoms with Crippen LogP contribution in [0.1, 0.15) is 25.7 Å². The van der Waals surface area contributed by atoms with Crippen molar-refractivity contribution in [3.63, 3.8) is 0 Å². The van der Waals surface area contributed by atoms with E-state index in [0.29, 0.717) is 6.04 Å². The summed E-state index contributed by atoms with van der Waals surface area (Å²) in [6.45, 7) is 0.907. The molecule has 0 spiro atoms. The molecule has 2 aliphatic rings. The molecule has 1 aromatic rings. The van der Waals surface area contributed by atoms with Crippen molar-refractivity contribution in [3.05, 3.63) is 24.3 Å². The summed E-state index contributed by atoms with van der Waals surface area (Å²) in [6, 6.07) is 8.00. The molecule has 3 rings (SSSR count). The molecule has 2 fully saturated rings. The van der Waals surface area contributed by atoms with E-state index in [1.165, 1.54) is 0 Å². The zero-order valence-corrected chi connectivity index (χ0v) is 12.0. The average Bonchev–Trinajstić information content (AvgIpc) is 3.12. The summed E-state index contributed by atoms with van der Waals surface area (Å²) >= 11 is 0. The first kappa shape index (κ1) is 13.7. The summed E-state index contributed by atoms with van der Waals surface area (Å²) in [6.07, 6.45) is 4.18. The standard InChI is InChI=1S/C15H21N5O/c16-15(17)19-11-5-7-12(8-6-11)20-9-1-2-13(20)14(21)18-10-3-4-10/h5-8,10,13H,1-4,9H2,(H,18,21)(H4,16,17,19). The van der Waals surface area contributed by atoms with Gasteiger partial charge in [0, 0.05) is 18.3 Å². The molecule has 1 atom stereocenters. The first-order chi connectivity index (χ1) is 10.1. The van der Waals surface area contributed by atoms with E-state index in [4.69, 9.17) is 11.5 Å². The van der Waals surface area contributed by atoms with Crippen molar-refractivity contribution in [1.82, 2.24) is 5.32 Å². The van der Waals surface area contributed by atoms with E-state index in [1.807, 2.05) is 24.3 Å². The Bertz CT molecular complexity index is 546. The maximum atomic E-state index is 12.3. The second kappa shape index (κ2) is 5.63. The summed E-state index contributed by atoms with van der Waals surface area (Å²) in [5.41, 5.74) is 12.5. The first-order valence-corrected chi connectivity index (χ1v) is 7.40. The molecule has 1 unspecified atom stereocenters. The van der Waals surface area contributed by atoms with Gasteiger partial charge in [0.1, 0.15) is 6.04 Å². The van der Waals surface area contributed by atoms with Gasteiger partial charge in [-0.25, -0.2) is 4.99 Å². The van der Waals surface area contributed by atoms with Crippen LogP contribution in [0.4, 0.5) is 11.4 Å². The lowest BCUT2D eigenvalue weighted by Crippen LogP contribution is -2.44. The van der Waals surface area contributed by atoms with Crippen LogP contribution in [0.2, 0.25) is 0 Å². The highest BCUT2D eigenvalue weighted by atomic mass is 16.2. The van der Waals surface area contributed by atoms with Gasteiger partial charge in [0.05, 0.1) is 5.69 Å². The lowest BCUT2D eigenvalue weighted by atomic mass is 10.2. The number of nitrogens with zero attached hydrogens (tertiary/aromatic N) is 2. The van der Waals surface area contributed by atoms with Crippen LogP contribution in [0.5, 0.6) is 0 Å². The third kappa shape index (κ3) is 3.26. The monoisotopic (exact) mass is 287 g/mol. The predicted molar refractivity (Wildman–Crippen MR) is 83.4 cm³/mol. The second-order valence-corrected chi connectivity index (χ2v) is 5.69. The third-order valence-corrected chi connectivity index (χ3v) is 3.92. The summed E-state index contributed by atoms with van der Waals surface area (Å²) in [5, 5.41) is 3.10. The van der Waals surface area contributed by atoms with Crippen LogP contribution in [0.15, 0.2) is 29.3 Å². The van der Waals surface area contributed by atoms with Crippen molar-refractivity contribution < 1.29 is 4.79 Å². The van der Waals surface area contributed by atoms with Crippen molar-refractivity contribution in [2.45, 2.75) is 37.8 Å². The minimum absolute atomic E-state index is 0.0469. The molecule has 1 amide bonds.